The molecule has 0 saturated heterocycles. The Labute approximate surface area is 100 Å². The first-order valence-corrected chi connectivity index (χ1v) is 5.41. The van der Waals surface area contributed by atoms with E-state index in [0.717, 1.165) is 0 Å². The van der Waals surface area contributed by atoms with Crippen LogP contribution in [0, 0.1) is 0 Å². The highest BCUT2D eigenvalue weighted by molar-refractivity contribution is 5.45. The molecule has 0 spiro atoms. The Morgan fingerprint density at radius 2 is 2.18 bits per heavy atom. The lowest BCUT2D eigenvalue weighted by Crippen LogP contribution is -2.24. The number of ether oxygens (including phenoxy) is 1. The Morgan fingerprint density at radius 1 is 1.47 bits per heavy atom. The first-order chi connectivity index (χ1) is 8.10. The van der Waals surface area contributed by atoms with E-state index in [9.17, 15) is 10.2 Å². The molecular formula is C11H19N3O3. The molecule has 0 radical (unpaired) electrons. The van der Waals surface area contributed by atoms with Gasteiger partial charge in [0.15, 0.2) is 0 Å². The number of aromatic nitrogens is 1. The molecule has 1 aromatic rings. The predicted octanol–water partition coefficient (Wildman–Crippen LogP) is -0.324. The molecule has 1 rings (SSSR count). The van der Waals surface area contributed by atoms with Crippen molar-refractivity contribution in [1.29, 1.82) is 0 Å². The Bertz CT molecular complexity index is 360. The second-order valence-corrected chi connectivity index (χ2v) is 3.73. The molecule has 0 bridgehead atoms. The van der Waals surface area contributed by atoms with Gasteiger partial charge in [0, 0.05) is 6.07 Å². The summed E-state index contributed by atoms with van der Waals surface area (Å²) in [6.45, 7) is 0.599. The van der Waals surface area contributed by atoms with Crippen LogP contribution in [0.2, 0.25) is 0 Å². The monoisotopic (exact) mass is 241 g/mol. The van der Waals surface area contributed by atoms with Gasteiger partial charge in [-0.25, -0.2) is 4.98 Å². The van der Waals surface area contributed by atoms with E-state index in [4.69, 9.17) is 10.5 Å². The zero-order chi connectivity index (χ0) is 12.8. The zero-order valence-corrected chi connectivity index (χ0v) is 10.1. The Hall–Kier alpha value is -1.37. The van der Waals surface area contributed by atoms with Crippen LogP contribution in [0.1, 0.15) is 18.2 Å². The van der Waals surface area contributed by atoms with Crippen molar-refractivity contribution in [2.45, 2.75) is 18.6 Å². The van der Waals surface area contributed by atoms with Gasteiger partial charge in [-0.15, -0.1) is 0 Å². The fraction of sp³-hybridized carbons (Fsp3) is 0.545. The lowest BCUT2D eigenvalue weighted by molar-refractivity contribution is 0.0117. The molecule has 1 aromatic heterocycles. The number of aliphatic hydroxyl groups is 2. The van der Waals surface area contributed by atoms with E-state index in [2.05, 4.69) is 10.3 Å². The highest BCUT2D eigenvalue weighted by Gasteiger charge is 2.22. The van der Waals surface area contributed by atoms with Crippen molar-refractivity contribution in [3.63, 3.8) is 0 Å². The molecule has 6 nitrogen and oxygen atoms in total. The topological polar surface area (TPSA) is 101 Å². The normalized spacial score (nSPS) is 14.4. The van der Waals surface area contributed by atoms with Crippen LogP contribution in [0.25, 0.3) is 0 Å². The van der Waals surface area contributed by atoms with Crippen LogP contribution in [0.3, 0.4) is 0 Å². The van der Waals surface area contributed by atoms with Crippen LogP contribution >= 0.6 is 0 Å². The number of anilines is 1. The summed E-state index contributed by atoms with van der Waals surface area (Å²) in [6, 6.07) is 3.20. The summed E-state index contributed by atoms with van der Waals surface area (Å²) in [7, 11) is 3.25. The quantitative estimate of drug-likeness (QED) is 0.544. The van der Waals surface area contributed by atoms with Gasteiger partial charge in [-0.1, -0.05) is 0 Å². The molecule has 0 aliphatic carbocycles. The SMILES string of the molecule is CNCCC(O)C(O)c1nc(OC)ccc1N. The van der Waals surface area contributed by atoms with Crippen molar-refractivity contribution in [1.82, 2.24) is 10.3 Å². The van der Waals surface area contributed by atoms with Crippen molar-refractivity contribution in [3.05, 3.63) is 17.8 Å². The Balaban J connectivity index is 2.82. The minimum Gasteiger partial charge on any atom is -0.481 e. The van der Waals surface area contributed by atoms with Crippen molar-refractivity contribution < 1.29 is 14.9 Å². The van der Waals surface area contributed by atoms with Crippen LogP contribution in [-0.2, 0) is 0 Å². The number of nitrogens with one attached hydrogen (secondary N) is 1. The number of nitrogens with two attached hydrogens (primary N) is 1. The second-order valence-electron chi connectivity index (χ2n) is 3.73. The van der Waals surface area contributed by atoms with Gasteiger partial charge in [0.25, 0.3) is 0 Å². The summed E-state index contributed by atoms with van der Waals surface area (Å²) in [4.78, 5) is 4.04. The number of nitrogen functional groups attached to an aromatic ring is 1. The van der Waals surface area contributed by atoms with Gasteiger partial charge in [0.1, 0.15) is 6.10 Å². The lowest BCUT2D eigenvalue weighted by atomic mass is 10.1. The van der Waals surface area contributed by atoms with E-state index in [1.165, 1.54) is 7.11 Å². The Kier molecular flexibility index (Phi) is 5.14. The fourth-order valence-corrected chi connectivity index (χ4v) is 1.45. The highest BCUT2D eigenvalue weighted by Crippen LogP contribution is 2.24. The molecular weight excluding hydrogens is 222 g/mol. The van der Waals surface area contributed by atoms with Gasteiger partial charge in [-0.3, -0.25) is 0 Å². The lowest BCUT2D eigenvalue weighted by Gasteiger charge is -2.19. The van der Waals surface area contributed by atoms with Gasteiger partial charge in [0.05, 0.1) is 24.6 Å². The van der Waals surface area contributed by atoms with E-state index >= 15 is 0 Å². The predicted molar refractivity (Wildman–Crippen MR) is 64.7 cm³/mol. The van der Waals surface area contributed by atoms with E-state index in [-0.39, 0.29) is 5.69 Å². The average molecular weight is 241 g/mol. The summed E-state index contributed by atoms with van der Waals surface area (Å²) in [6.07, 6.45) is -1.61. The number of pyridine rings is 1. The first-order valence-electron chi connectivity index (χ1n) is 5.41. The molecule has 0 aliphatic heterocycles. The number of nitrogens with zero attached hydrogens (tertiary/aromatic N) is 1. The minimum absolute atomic E-state index is 0.243. The molecule has 0 aromatic carbocycles. The number of methoxy groups -OCH3 is 1. The maximum Gasteiger partial charge on any atom is 0.213 e. The van der Waals surface area contributed by atoms with Crippen LogP contribution < -0.4 is 15.8 Å². The first kappa shape index (κ1) is 13.7. The second kappa shape index (κ2) is 6.39. The third-order valence-corrected chi connectivity index (χ3v) is 2.48. The van der Waals surface area contributed by atoms with E-state index in [1.807, 2.05) is 0 Å². The maximum atomic E-state index is 9.94. The average Bonchev–Trinajstić information content (AvgIpc) is 2.35. The number of hydrogen-bond acceptors (Lipinski definition) is 6. The number of aliphatic hydroxyl groups excluding tert-OH is 2. The minimum atomic E-state index is -1.11. The summed E-state index contributed by atoms with van der Waals surface area (Å²) in [5, 5.41) is 22.6. The van der Waals surface area contributed by atoms with Crippen molar-refractivity contribution in [2.24, 2.45) is 0 Å². The molecule has 0 aliphatic rings. The van der Waals surface area contributed by atoms with Gasteiger partial charge in [-0.05, 0) is 26.1 Å². The molecule has 5 N–H and O–H groups in total. The van der Waals surface area contributed by atoms with Gasteiger partial charge < -0.3 is 26.0 Å². The summed E-state index contributed by atoms with van der Waals surface area (Å²) in [5.74, 6) is 0.356. The number of hydrogen-bond donors (Lipinski definition) is 4. The molecule has 0 amide bonds. The van der Waals surface area contributed by atoms with Crippen molar-refractivity contribution in [3.8, 4) is 5.88 Å². The van der Waals surface area contributed by atoms with Crippen LogP contribution in [0.15, 0.2) is 12.1 Å². The highest BCUT2D eigenvalue weighted by atomic mass is 16.5. The van der Waals surface area contributed by atoms with E-state index in [0.29, 0.717) is 24.5 Å². The smallest absolute Gasteiger partial charge is 0.213 e. The summed E-state index contributed by atoms with van der Waals surface area (Å²) in [5.41, 5.74) is 6.29. The van der Waals surface area contributed by atoms with Crippen molar-refractivity contribution in [2.75, 3.05) is 26.4 Å². The number of rotatable bonds is 6. The fourth-order valence-electron chi connectivity index (χ4n) is 1.45. The summed E-state index contributed by atoms with van der Waals surface area (Å²) >= 11 is 0. The third-order valence-electron chi connectivity index (χ3n) is 2.48. The maximum absolute atomic E-state index is 9.94. The van der Waals surface area contributed by atoms with E-state index < -0.39 is 12.2 Å². The standard InChI is InChI=1S/C11H19N3O3/c1-13-6-5-8(15)11(16)10-7(12)3-4-9(14-10)17-2/h3-4,8,11,13,15-16H,5-6,12H2,1-2H3. The molecule has 96 valence electrons. The van der Waals surface area contributed by atoms with Crippen LogP contribution in [-0.4, -0.2) is 42.0 Å². The molecule has 0 fully saturated rings. The van der Waals surface area contributed by atoms with Crippen LogP contribution in [0.5, 0.6) is 5.88 Å². The third kappa shape index (κ3) is 3.55. The largest absolute Gasteiger partial charge is 0.481 e. The van der Waals surface area contributed by atoms with Gasteiger partial charge in [0.2, 0.25) is 5.88 Å². The molecule has 1 heterocycles. The molecule has 6 heteroatoms. The van der Waals surface area contributed by atoms with E-state index in [1.54, 1.807) is 19.2 Å². The molecule has 0 saturated carbocycles. The van der Waals surface area contributed by atoms with Gasteiger partial charge >= 0.3 is 0 Å². The Morgan fingerprint density at radius 3 is 2.76 bits per heavy atom. The van der Waals surface area contributed by atoms with Crippen molar-refractivity contribution >= 4 is 5.69 Å². The molecule has 2 atom stereocenters. The summed E-state index contributed by atoms with van der Waals surface area (Å²) < 4.78 is 4.95. The molecule has 2 unspecified atom stereocenters. The van der Waals surface area contributed by atoms with Crippen LogP contribution in [0.4, 0.5) is 5.69 Å². The zero-order valence-electron chi connectivity index (χ0n) is 10.1. The molecule has 17 heavy (non-hydrogen) atoms. The van der Waals surface area contributed by atoms with Gasteiger partial charge in [-0.2, -0.15) is 0 Å².